The molecule has 0 aromatic heterocycles. The topological polar surface area (TPSA) is 127 Å². The summed E-state index contributed by atoms with van der Waals surface area (Å²) >= 11 is 0. The van der Waals surface area contributed by atoms with E-state index in [1.807, 2.05) is 5.01 Å². The Morgan fingerprint density at radius 2 is 2.00 bits per heavy atom. The van der Waals surface area contributed by atoms with Gasteiger partial charge in [0.05, 0.1) is 19.8 Å². The van der Waals surface area contributed by atoms with Crippen LogP contribution in [0.25, 0.3) is 0 Å². The molecule has 2 aliphatic heterocycles. The number of hydrogen-bond donors (Lipinski definition) is 4. The van der Waals surface area contributed by atoms with Crippen molar-refractivity contribution in [3.63, 3.8) is 0 Å². The van der Waals surface area contributed by atoms with Crippen LogP contribution in [0, 0.1) is 5.92 Å². The second-order valence-corrected chi connectivity index (χ2v) is 6.15. The van der Waals surface area contributed by atoms with Crippen LogP contribution in [0.2, 0.25) is 0 Å². The largest absolute Gasteiger partial charge is 0.394 e. The van der Waals surface area contributed by atoms with Crippen molar-refractivity contribution >= 4 is 0 Å². The van der Waals surface area contributed by atoms with Gasteiger partial charge in [0.25, 0.3) is 0 Å². The van der Waals surface area contributed by atoms with Crippen molar-refractivity contribution in [3.8, 4) is 0 Å². The summed E-state index contributed by atoms with van der Waals surface area (Å²) in [5.41, 5.74) is 0. The molecule has 9 heteroatoms. The molecule has 0 spiro atoms. The lowest BCUT2D eigenvalue weighted by atomic mass is 9.99. The van der Waals surface area contributed by atoms with Gasteiger partial charge in [0, 0.05) is 6.54 Å². The maximum Gasteiger partial charge on any atom is 0.184 e. The third-order valence-corrected chi connectivity index (χ3v) is 3.66. The minimum absolute atomic E-state index is 0.155. The second kappa shape index (κ2) is 7.62. The third kappa shape index (κ3) is 4.12. The number of aliphatic hydroxyl groups excluding tert-OH is 4. The Hall–Kier alpha value is -0.840. The van der Waals surface area contributed by atoms with E-state index < -0.39 is 37.3 Å². The number of rotatable bonds is 6. The Labute approximate surface area is 129 Å². The first-order chi connectivity index (χ1) is 10.4. The molecule has 4 N–H and O–H groups in total. The molecule has 0 bridgehead atoms. The van der Waals surface area contributed by atoms with Crippen LogP contribution in [-0.4, -0.2) is 88.5 Å². The van der Waals surface area contributed by atoms with Gasteiger partial charge in [0.15, 0.2) is 6.29 Å². The lowest BCUT2D eigenvalue weighted by Crippen LogP contribution is -2.59. The van der Waals surface area contributed by atoms with E-state index in [0.29, 0.717) is 12.5 Å². The van der Waals surface area contributed by atoms with E-state index in [1.165, 1.54) is 0 Å². The standard InChI is InChI=1S/C13H25N3O6/c1-7(2)3-16-4-8(14-15-16)6-21-12-10(18)9(5-17)22-13(20)11(12)19/h7-13,17-20H,3-6H2,1-2H3. The van der Waals surface area contributed by atoms with E-state index in [4.69, 9.17) is 14.6 Å². The zero-order valence-corrected chi connectivity index (χ0v) is 12.8. The highest BCUT2D eigenvalue weighted by molar-refractivity contribution is 4.90. The van der Waals surface area contributed by atoms with Crippen LogP contribution >= 0.6 is 0 Å². The van der Waals surface area contributed by atoms with Gasteiger partial charge < -0.3 is 29.9 Å². The SMILES string of the molecule is CC(C)CN1CC(COC2C(O)C(O)OC(CO)C2O)N=N1. The molecule has 9 nitrogen and oxygen atoms in total. The molecular weight excluding hydrogens is 294 g/mol. The van der Waals surface area contributed by atoms with Gasteiger partial charge in [-0.3, -0.25) is 5.01 Å². The summed E-state index contributed by atoms with van der Waals surface area (Å²) in [4.78, 5) is 0. The molecule has 0 saturated carbocycles. The zero-order chi connectivity index (χ0) is 16.3. The number of ether oxygens (including phenoxy) is 2. The van der Waals surface area contributed by atoms with Crippen molar-refractivity contribution in [2.75, 3.05) is 26.3 Å². The van der Waals surface area contributed by atoms with E-state index in [2.05, 4.69) is 24.2 Å². The molecule has 0 aliphatic carbocycles. The molecule has 2 aliphatic rings. The van der Waals surface area contributed by atoms with Gasteiger partial charge in [0.1, 0.15) is 30.5 Å². The lowest BCUT2D eigenvalue weighted by Gasteiger charge is -2.40. The van der Waals surface area contributed by atoms with Crippen LogP contribution in [0.4, 0.5) is 0 Å². The fourth-order valence-electron chi connectivity index (χ4n) is 2.57. The van der Waals surface area contributed by atoms with Crippen molar-refractivity contribution in [1.29, 1.82) is 0 Å². The van der Waals surface area contributed by atoms with Crippen LogP contribution in [0.15, 0.2) is 10.3 Å². The van der Waals surface area contributed by atoms with E-state index in [-0.39, 0.29) is 12.6 Å². The van der Waals surface area contributed by atoms with Gasteiger partial charge in [-0.25, -0.2) is 0 Å². The van der Waals surface area contributed by atoms with Crippen LogP contribution in [-0.2, 0) is 9.47 Å². The highest BCUT2D eigenvalue weighted by Crippen LogP contribution is 2.23. The van der Waals surface area contributed by atoms with Gasteiger partial charge >= 0.3 is 0 Å². The molecule has 22 heavy (non-hydrogen) atoms. The van der Waals surface area contributed by atoms with Crippen LogP contribution < -0.4 is 0 Å². The van der Waals surface area contributed by atoms with Gasteiger partial charge in [-0.05, 0) is 5.92 Å². The van der Waals surface area contributed by atoms with Gasteiger partial charge in [-0.2, -0.15) is 5.11 Å². The highest BCUT2D eigenvalue weighted by atomic mass is 16.6. The first-order valence-corrected chi connectivity index (χ1v) is 7.50. The van der Waals surface area contributed by atoms with Crippen molar-refractivity contribution in [1.82, 2.24) is 5.01 Å². The minimum Gasteiger partial charge on any atom is -0.394 e. The summed E-state index contributed by atoms with van der Waals surface area (Å²) in [5, 5.41) is 48.5. The fraction of sp³-hybridized carbons (Fsp3) is 1.00. The molecule has 2 heterocycles. The Kier molecular flexibility index (Phi) is 6.07. The van der Waals surface area contributed by atoms with Gasteiger partial charge in [0.2, 0.25) is 0 Å². The summed E-state index contributed by atoms with van der Waals surface area (Å²) in [5.74, 6) is 0.471. The monoisotopic (exact) mass is 319 g/mol. The highest BCUT2D eigenvalue weighted by Gasteiger charge is 2.44. The van der Waals surface area contributed by atoms with Crippen LogP contribution in [0.5, 0.6) is 0 Å². The van der Waals surface area contributed by atoms with Gasteiger partial charge in [-0.1, -0.05) is 19.1 Å². The van der Waals surface area contributed by atoms with Crippen LogP contribution in [0.3, 0.4) is 0 Å². The maximum atomic E-state index is 10.0. The predicted octanol–water partition coefficient (Wildman–Crippen LogP) is -1.49. The lowest BCUT2D eigenvalue weighted by molar-refractivity contribution is -0.294. The summed E-state index contributed by atoms with van der Waals surface area (Å²) in [6.07, 6.45) is -6.16. The minimum atomic E-state index is -1.51. The molecule has 2 rings (SSSR count). The van der Waals surface area contributed by atoms with E-state index >= 15 is 0 Å². The number of hydrogen-bond acceptors (Lipinski definition) is 9. The molecule has 6 unspecified atom stereocenters. The smallest absolute Gasteiger partial charge is 0.184 e. The molecule has 1 fully saturated rings. The average Bonchev–Trinajstić information content (AvgIpc) is 2.89. The Balaban J connectivity index is 1.84. The Bertz CT molecular complexity index is 383. The average molecular weight is 319 g/mol. The van der Waals surface area contributed by atoms with E-state index in [0.717, 1.165) is 6.54 Å². The second-order valence-electron chi connectivity index (χ2n) is 6.15. The van der Waals surface area contributed by atoms with E-state index in [9.17, 15) is 15.3 Å². The normalized spacial score (nSPS) is 39.0. The van der Waals surface area contributed by atoms with Gasteiger partial charge in [-0.15, -0.1) is 0 Å². The fourth-order valence-corrected chi connectivity index (χ4v) is 2.57. The molecular formula is C13H25N3O6. The van der Waals surface area contributed by atoms with Crippen molar-refractivity contribution in [3.05, 3.63) is 0 Å². The number of aliphatic hydroxyl groups is 4. The molecule has 1 saturated heterocycles. The summed E-state index contributed by atoms with van der Waals surface area (Å²) < 4.78 is 10.4. The van der Waals surface area contributed by atoms with Crippen LogP contribution in [0.1, 0.15) is 13.8 Å². The van der Waals surface area contributed by atoms with E-state index in [1.54, 1.807) is 0 Å². The molecule has 0 amide bonds. The molecule has 0 radical (unpaired) electrons. The number of nitrogens with zero attached hydrogens (tertiary/aromatic N) is 3. The van der Waals surface area contributed by atoms with Crippen molar-refractivity contribution < 1.29 is 29.9 Å². The first-order valence-electron chi connectivity index (χ1n) is 7.50. The summed E-state index contributed by atoms with van der Waals surface area (Å²) in [6, 6.07) is -0.189. The zero-order valence-electron chi connectivity index (χ0n) is 12.8. The maximum absolute atomic E-state index is 10.0. The third-order valence-electron chi connectivity index (χ3n) is 3.66. The Morgan fingerprint density at radius 3 is 2.64 bits per heavy atom. The predicted molar refractivity (Wildman–Crippen MR) is 74.8 cm³/mol. The van der Waals surface area contributed by atoms with Crippen molar-refractivity contribution in [2.45, 2.75) is 50.6 Å². The summed E-state index contributed by atoms with van der Waals surface area (Å²) in [6.45, 7) is 5.26. The quantitative estimate of drug-likeness (QED) is 0.469. The first kappa shape index (κ1) is 17.5. The molecule has 6 atom stereocenters. The Morgan fingerprint density at radius 1 is 1.27 bits per heavy atom. The molecule has 0 aromatic rings. The molecule has 128 valence electrons. The molecule has 0 aromatic carbocycles. The summed E-state index contributed by atoms with van der Waals surface area (Å²) in [7, 11) is 0. The van der Waals surface area contributed by atoms with Crippen molar-refractivity contribution in [2.24, 2.45) is 16.3 Å².